The minimum absolute atomic E-state index is 0.572. The van der Waals surface area contributed by atoms with E-state index >= 15 is 0 Å². The van der Waals surface area contributed by atoms with Gasteiger partial charge in [-0.05, 0) is 42.7 Å². The molecule has 1 aromatic carbocycles. The van der Waals surface area contributed by atoms with Gasteiger partial charge in [0, 0.05) is 12.2 Å². The third-order valence-corrected chi connectivity index (χ3v) is 2.06. The summed E-state index contributed by atoms with van der Waals surface area (Å²) in [5.74, 6) is 0. The predicted molar refractivity (Wildman–Crippen MR) is 58.4 cm³/mol. The van der Waals surface area contributed by atoms with Crippen LogP contribution in [0.2, 0.25) is 0 Å². The van der Waals surface area contributed by atoms with Gasteiger partial charge < -0.3 is 11.5 Å². The summed E-state index contributed by atoms with van der Waals surface area (Å²) in [7, 11) is 0. The van der Waals surface area contributed by atoms with Crippen molar-refractivity contribution in [2.45, 2.75) is 13.8 Å². The van der Waals surface area contributed by atoms with Crippen LogP contribution in [-0.2, 0) is 0 Å². The lowest BCUT2D eigenvalue weighted by atomic mass is 10.0. The molecule has 0 unspecified atom stereocenters. The van der Waals surface area contributed by atoms with Gasteiger partial charge in [0.15, 0.2) is 0 Å². The number of anilines is 1. The third-order valence-electron chi connectivity index (χ3n) is 2.06. The average Bonchev–Trinajstić information content (AvgIpc) is 2.10. The molecule has 0 aliphatic carbocycles. The fourth-order valence-electron chi connectivity index (χ4n) is 1.31. The number of aryl methyl sites for hydroxylation is 2. The summed E-state index contributed by atoms with van der Waals surface area (Å²) in [5, 5.41) is 0. The summed E-state index contributed by atoms with van der Waals surface area (Å²) in [6.07, 6.45) is 3.95. The van der Waals surface area contributed by atoms with Crippen molar-refractivity contribution in [2.75, 3.05) is 12.3 Å². The molecule has 70 valence electrons. The van der Waals surface area contributed by atoms with E-state index in [1.807, 2.05) is 26.0 Å². The Balaban J connectivity index is 3.06. The topological polar surface area (TPSA) is 52.0 Å². The molecule has 0 saturated carbocycles. The predicted octanol–water partition coefficient (Wildman–Crippen LogP) is 1.86. The van der Waals surface area contributed by atoms with E-state index in [1.165, 1.54) is 0 Å². The van der Waals surface area contributed by atoms with Gasteiger partial charge >= 0.3 is 0 Å². The minimum atomic E-state index is 0.572. The van der Waals surface area contributed by atoms with Crippen molar-refractivity contribution in [1.82, 2.24) is 0 Å². The molecule has 0 heterocycles. The van der Waals surface area contributed by atoms with Gasteiger partial charge in [-0.15, -0.1) is 0 Å². The smallest absolute Gasteiger partial charge is 0.0373 e. The monoisotopic (exact) mass is 176 g/mol. The Kier molecular flexibility index (Phi) is 3.09. The highest BCUT2D eigenvalue weighted by Gasteiger charge is 1.98. The first-order valence-corrected chi connectivity index (χ1v) is 4.38. The third kappa shape index (κ3) is 2.33. The van der Waals surface area contributed by atoms with Crippen LogP contribution in [-0.4, -0.2) is 6.54 Å². The molecule has 1 rings (SSSR count). The van der Waals surface area contributed by atoms with Crippen LogP contribution in [0.4, 0.5) is 5.69 Å². The van der Waals surface area contributed by atoms with Crippen LogP contribution in [0.15, 0.2) is 18.2 Å². The van der Waals surface area contributed by atoms with Crippen LogP contribution in [0.1, 0.15) is 16.7 Å². The zero-order valence-corrected chi connectivity index (χ0v) is 8.17. The maximum absolute atomic E-state index is 5.83. The molecular weight excluding hydrogens is 160 g/mol. The summed E-state index contributed by atoms with van der Waals surface area (Å²) in [6, 6.07) is 4.13. The molecule has 2 heteroatoms. The molecule has 1 aromatic rings. The minimum Gasteiger partial charge on any atom is -0.398 e. The largest absolute Gasteiger partial charge is 0.398 e. The highest BCUT2D eigenvalue weighted by Crippen LogP contribution is 2.19. The first-order chi connectivity index (χ1) is 6.15. The van der Waals surface area contributed by atoms with Crippen molar-refractivity contribution in [3.8, 4) is 0 Å². The number of hydrogen-bond acceptors (Lipinski definition) is 2. The van der Waals surface area contributed by atoms with E-state index in [0.717, 1.165) is 22.4 Å². The standard InChI is InChI=1S/C11H16N2/c1-8-6-10(4-3-5-12)7-9(2)11(8)13/h3-4,6-7H,5,12-13H2,1-2H3/b4-3+. The van der Waals surface area contributed by atoms with Gasteiger partial charge in [-0.2, -0.15) is 0 Å². The van der Waals surface area contributed by atoms with E-state index in [1.54, 1.807) is 0 Å². The number of nitrogens with two attached hydrogens (primary N) is 2. The summed E-state index contributed by atoms with van der Waals surface area (Å²) in [6.45, 7) is 4.60. The van der Waals surface area contributed by atoms with Gasteiger partial charge in [-0.25, -0.2) is 0 Å². The number of hydrogen-bond donors (Lipinski definition) is 2. The Bertz CT molecular complexity index is 304. The Hall–Kier alpha value is -1.28. The van der Waals surface area contributed by atoms with Gasteiger partial charge in [0.25, 0.3) is 0 Å². The molecule has 0 aliphatic heterocycles. The summed E-state index contributed by atoms with van der Waals surface area (Å²) >= 11 is 0. The van der Waals surface area contributed by atoms with Crippen LogP contribution in [0.5, 0.6) is 0 Å². The maximum atomic E-state index is 5.83. The normalized spacial score (nSPS) is 11.0. The van der Waals surface area contributed by atoms with Crippen LogP contribution in [0, 0.1) is 13.8 Å². The Morgan fingerprint density at radius 3 is 2.23 bits per heavy atom. The van der Waals surface area contributed by atoms with Crippen molar-refractivity contribution < 1.29 is 0 Å². The summed E-state index contributed by atoms with van der Waals surface area (Å²) in [4.78, 5) is 0. The van der Waals surface area contributed by atoms with Crippen molar-refractivity contribution in [3.05, 3.63) is 34.9 Å². The van der Waals surface area contributed by atoms with Crippen LogP contribution < -0.4 is 11.5 Å². The van der Waals surface area contributed by atoms with Gasteiger partial charge in [-0.3, -0.25) is 0 Å². The highest BCUT2D eigenvalue weighted by atomic mass is 14.6. The fraction of sp³-hybridized carbons (Fsp3) is 0.273. The van der Waals surface area contributed by atoms with Crippen molar-refractivity contribution in [3.63, 3.8) is 0 Å². The molecule has 0 bridgehead atoms. The van der Waals surface area contributed by atoms with E-state index in [2.05, 4.69) is 12.1 Å². The van der Waals surface area contributed by atoms with E-state index in [4.69, 9.17) is 11.5 Å². The quantitative estimate of drug-likeness (QED) is 0.676. The number of benzene rings is 1. The molecule has 0 spiro atoms. The molecule has 0 fully saturated rings. The lowest BCUT2D eigenvalue weighted by Crippen LogP contribution is -1.95. The van der Waals surface area contributed by atoms with E-state index in [0.29, 0.717) is 6.54 Å². The molecule has 13 heavy (non-hydrogen) atoms. The number of rotatable bonds is 2. The zero-order valence-electron chi connectivity index (χ0n) is 8.17. The highest BCUT2D eigenvalue weighted by molar-refractivity contribution is 5.61. The molecule has 0 aromatic heterocycles. The Morgan fingerprint density at radius 1 is 1.23 bits per heavy atom. The van der Waals surface area contributed by atoms with Gasteiger partial charge in [-0.1, -0.05) is 12.2 Å². The molecule has 0 amide bonds. The summed E-state index contributed by atoms with van der Waals surface area (Å²) < 4.78 is 0. The second-order valence-electron chi connectivity index (χ2n) is 3.21. The number of nitrogen functional groups attached to an aromatic ring is 1. The molecule has 2 nitrogen and oxygen atoms in total. The Labute approximate surface area is 79.2 Å². The molecule has 0 saturated heterocycles. The van der Waals surface area contributed by atoms with Gasteiger partial charge in [0.05, 0.1) is 0 Å². The van der Waals surface area contributed by atoms with Crippen LogP contribution >= 0.6 is 0 Å². The second kappa shape index (κ2) is 4.10. The molecule has 0 aliphatic rings. The lowest BCUT2D eigenvalue weighted by molar-refractivity contribution is 1.26. The molecular formula is C11H16N2. The first kappa shape index (κ1) is 9.81. The first-order valence-electron chi connectivity index (χ1n) is 4.38. The maximum Gasteiger partial charge on any atom is 0.0373 e. The van der Waals surface area contributed by atoms with Crippen molar-refractivity contribution in [2.24, 2.45) is 5.73 Å². The van der Waals surface area contributed by atoms with Crippen molar-refractivity contribution in [1.29, 1.82) is 0 Å². The van der Waals surface area contributed by atoms with Crippen molar-refractivity contribution >= 4 is 11.8 Å². The molecule has 4 N–H and O–H groups in total. The average molecular weight is 176 g/mol. The van der Waals surface area contributed by atoms with Crippen LogP contribution in [0.3, 0.4) is 0 Å². The second-order valence-corrected chi connectivity index (χ2v) is 3.21. The fourth-order valence-corrected chi connectivity index (χ4v) is 1.31. The lowest BCUT2D eigenvalue weighted by Gasteiger charge is -2.05. The summed E-state index contributed by atoms with van der Waals surface area (Å²) in [5.41, 5.74) is 15.5. The SMILES string of the molecule is Cc1cc(/C=C/CN)cc(C)c1N. The van der Waals surface area contributed by atoms with Crippen LogP contribution in [0.25, 0.3) is 6.08 Å². The Morgan fingerprint density at radius 2 is 1.77 bits per heavy atom. The van der Waals surface area contributed by atoms with Gasteiger partial charge in [0.2, 0.25) is 0 Å². The molecule has 0 atom stereocenters. The van der Waals surface area contributed by atoms with E-state index < -0.39 is 0 Å². The molecule has 0 radical (unpaired) electrons. The zero-order chi connectivity index (χ0) is 9.84. The van der Waals surface area contributed by atoms with E-state index in [-0.39, 0.29) is 0 Å². The van der Waals surface area contributed by atoms with E-state index in [9.17, 15) is 0 Å². The van der Waals surface area contributed by atoms with Gasteiger partial charge in [0.1, 0.15) is 0 Å².